The Morgan fingerprint density at radius 2 is 1.95 bits per heavy atom. The molecule has 0 saturated carbocycles. The zero-order valence-electron chi connectivity index (χ0n) is 11.8. The maximum absolute atomic E-state index is 12.6. The lowest BCUT2D eigenvalue weighted by Gasteiger charge is -2.17. The minimum absolute atomic E-state index is 0.0461. The number of nitrogens with zero attached hydrogens (tertiary/aromatic N) is 2. The van der Waals surface area contributed by atoms with Crippen LogP contribution in [-0.4, -0.2) is 25.8 Å². The standard InChI is InChI=1S/C15H17N3O2S/c1-10-2-4-12(5-3-10)21(19,20)18-8-11-6-15(17)13(7-16)14(11)9-18/h2-5,11,14H,6,8-9,17H2,1H3. The maximum Gasteiger partial charge on any atom is 0.243 e. The van der Waals surface area contributed by atoms with Gasteiger partial charge in [0, 0.05) is 24.7 Å². The lowest BCUT2D eigenvalue weighted by Crippen LogP contribution is -2.30. The number of hydrogen-bond acceptors (Lipinski definition) is 4. The van der Waals surface area contributed by atoms with Crippen molar-refractivity contribution in [3.05, 3.63) is 41.1 Å². The molecule has 0 amide bonds. The van der Waals surface area contributed by atoms with Crippen molar-refractivity contribution in [2.75, 3.05) is 13.1 Å². The minimum atomic E-state index is -3.49. The molecule has 0 bridgehead atoms. The summed E-state index contributed by atoms with van der Waals surface area (Å²) >= 11 is 0. The van der Waals surface area contributed by atoms with Crippen molar-refractivity contribution in [3.63, 3.8) is 0 Å². The third kappa shape index (κ3) is 2.23. The van der Waals surface area contributed by atoms with E-state index in [-0.39, 0.29) is 11.8 Å². The summed E-state index contributed by atoms with van der Waals surface area (Å²) in [4.78, 5) is 0.309. The normalized spacial score (nSPS) is 25.9. The average molecular weight is 303 g/mol. The summed E-state index contributed by atoms with van der Waals surface area (Å²) in [5.74, 6) is 0.0927. The van der Waals surface area contributed by atoms with E-state index in [1.54, 1.807) is 24.3 Å². The summed E-state index contributed by atoms with van der Waals surface area (Å²) in [5.41, 5.74) is 8.07. The minimum Gasteiger partial charge on any atom is -0.401 e. The summed E-state index contributed by atoms with van der Waals surface area (Å²) in [7, 11) is -3.49. The van der Waals surface area contributed by atoms with Crippen LogP contribution in [0.5, 0.6) is 0 Å². The number of hydrogen-bond donors (Lipinski definition) is 1. The van der Waals surface area contributed by atoms with Gasteiger partial charge in [0.2, 0.25) is 10.0 Å². The Hall–Kier alpha value is -1.84. The van der Waals surface area contributed by atoms with Gasteiger partial charge < -0.3 is 5.73 Å². The van der Waals surface area contributed by atoms with E-state index >= 15 is 0 Å². The van der Waals surface area contributed by atoms with E-state index in [2.05, 4.69) is 6.07 Å². The summed E-state index contributed by atoms with van der Waals surface area (Å²) in [6, 6.07) is 8.99. The number of allylic oxidation sites excluding steroid dienone is 1. The van der Waals surface area contributed by atoms with Crippen molar-refractivity contribution in [1.82, 2.24) is 4.31 Å². The molecule has 2 aliphatic rings. The largest absolute Gasteiger partial charge is 0.401 e. The smallest absolute Gasteiger partial charge is 0.243 e. The molecule has 2 N–H and O–H groups in total. The molecule has 1 aromatic carbocycles. The monoisotopic (exact) mass is 303 g/mol. The molecule has 1 fully saturated rings. The Bertz CT molecular complexity index is 744. The molecule has 1 heterocycles. The number of nitrogens with two attached hydrogens (primary N) is 1. The lowest BCUT2D eigenvalue weighted by atomic mass is 9.96. The summed E-state index contributed by atoms with van der Waals surface area (Å²) in [5, 5.41) is 9.16. The van der Waals surface area contributed by atoms with Gasteiger partial charge in [-0.3, -0.25) is 0 Å². The molecule has 3 rings (SSSR count). The number of fused-ring (bicyclic) bond motifs is 1. The highest BCUT2D eigenvalue weighted by Crippen LogP contribution is 2.41. The van der Waals surface area contributed by atoms with Crippen molar-refractivity contribution in [3.8, 4) is 6.07 Å². The molecular weight excluding hydrogens is 286 g/mol. The molecule has 1 aliphatic heterocycles. The van der Waals surface area contributed by atoms with Gasteiger partial charge in [-0.25, -0.2) is 8.42 Å². The van der Waals surface area contributed by atoms with Crippen molar-refractivity contribution < 1.29 is 8.42 Å². The summed E-state index contributed by atoms with van der Waals surface area (Å²) in [6.07, 6.45) is 0.619. The molecule has 0 aromatic heterocycles. The molecule has 5 nitrogen and oxygen atoms in total. The molecular formula is C15H17N3O2S. The number of nitriles is 1. The van der Waals surface area contributed by atoms with Gasteiger partial charge in [0.25, 0.3) is 0 Å². The van der Waals surface area contributed by atoms with Crippen LogP contribution in [0.2, 0.25) is 0 Å². The average Bonchev–Trinajstić information content (AvgIpc) is 2.96. The quantitative estimate of drug-likeness (QED) is 0.894. The van der Waals surface area contributed by atoms with E-state index in [1.165, 1.54) is 4.31 Å². The number of sulfonamides is 1. The molecule has 6 heteroatoms. The third-order valence-corrected chi connectivity index (χ3v) is 6.23. The van der Waals surface area contributed by atoms with Crippen molar-refractivity contribution in [1.29, 1.82) is 5.26 Å². The Balaban J connectivity index is 1.87. The molecule has 2 unspecified atom stereocenters. The van der Waals surface area contributed by atoms with Gasteiger partial charge >= 0.3 is 0 Å². The van der Waals surface area contributed by atoms with Crippen LogP contribution >= 0.6 is 0 Å². The van der Waals surface area contributed by atoms with E-state index in [0.29, 0.717) is 35.7 Å². The molecule has 1 saturated heterocycles. The zero-order valence-corrected chi connectivity index (χ0v) is 12.6. The first-order valence-electron chi connectivity index (χ1n) is 6.89. The Kier molecular flexibility index (Phi) is 3.27. The highest BCUT2D eigenvalue weighted by atomic mass is 32.2. The first kappa shape index (κ1) is 14.1. The van der Waals surface area contributed by atoms with Gasteiger partial charge in [-0.15, -0.1) is 0 Å². The number of aryl methyl sites for hydroxylation is 1. The summed E-state index contributed by atoms with van der Waals surface area (Å²) in [6.45, 7) is 2.71. The second-order valence-electron chi connectivity index (χ2n) is 5.76. The summed E-state index contributed by atoms with van der Waals surface area (Å²) < 4.78 is 26.8. The molecule has 110 valence electrons. The van der Waals surface area contributed by atoms with E-state index < -0.39 is 10.0 Å². The van der Waals surface area contributed by atoms with Crippen LogP contribution in [0.1, 0.15) is 12.0 Å². The topological polar surface area (TPSA) is 87.2 Å². The molecule has 2 atom stereocenters. The van der Waals surface area contributed by atoms with Gasteiger partial charge in [0.05, 0.1) is 16.5 Å². The number of benzene rings is 1. The van der Waals surface area contributed by atoms with E-state index in [4.69, 9.17) is 11.0 Å². The fourth-order valence-electron chi connectivity index (χ4n) is 3.21. The van der Waals surface area contributed by atoms with Gasteiger partial charge in [0.15, 0.2) is 0 Å². The molecule has 0 spiro atoms. The molecule has 1 aromatic rings. The van der Waals surface area contributed by atoms with Crippen LogP contribution in [-0.2, 0) is 10.0 Å². The van der Waals surface area contributed by atoms with Crippen molar-refractivity contribution in [2.24, 2.45) is 17.6 Å². The molecule has 1 aliphatic carbocycles. The highest BCUT2D eigenvalue weighted by molar-refractivity contribution is 7.89. The first-order valence-corrected chi connectivity index (χ1v) is 8.33. The van der Waals surface area contributed by atoms with Gasteiger partial charge in [0.1, 0.15) is 0 Å². The maximum atomic E-state index is 12.6. The van der Waals surface area contributed by atoms with E-state index in [0.717, 1.165) is 5.56 Å². The third-order valence-electron chi connectivity index (χ3n) is 4.39. The van der Waals surface area contributed by atoms with Crippen molar-refractivity contribution in [2.45, 2.75) is 18.2 Å². The van der Waals surface area contributed by atoms with Crippen LogP contribution in [0.3, 0.4) is 0 Å². The molecule has 21 heavy (non-hydrogen) atoms. The lowest BCUT2D eigenvalue weighted by molar-refractivity contribution is 0.456. The van der Waals surface area contributed by atoms with Crippen LogP contribution < -0.4 is 5.73 Å². The van der Waals surface area contributed by atoms with Gasteiger partial charge in [-0.2, -0.15) is 9.57 Å². The first-order chi connectivity index (χ1) is 9.93. The zero-order chi connectivity index (χ0) is 15.2. The predicted molar refractivity (Wildman–Crippen MR) is 78.4 cm³/mol. The Morgan fingerprint density at radius 1 is 1.29 bits per heavy atom. The fourth-order valence-corrected chi connectivity index (χ4v) is 4.73. The van der Waals surface area contributed by atoms with Crippen LogP contribution in [0, 0.1) is 30.1 Å². The van der Waals surface area contributed by atoms with Gasteiger partial charge in [-0.05, 0) is 31.4 Å². The van der Waals surface area contributed by atoms with E-state index in [1.807, 2.05) is 6.92 Å². The Labute approximate surface area is 124 Å². The molecule has 0 radical (unpaired) electrons. The van der Waals surface area contributed by atoms with Crippen LogP contribution in [0.25, 0.3) is 0 Å². The van der Waals surface area contributed by atoms with Crippen molar-refractivity contribution >= 4 is 10.0 Å². The fraction of sp³-hybridized carbons (Fsp3) is 0.400. The van der Waals surface area contributed by atoms with E-state index in [9.17, 15) is 8.42 Å². The van der Waals surface area contributed by atoms with Gasteiger partial charge in [-0.1, -0.05) is 17.7 Å². The van der Waals surface area contributed by atoms with Crippen LogP contribution in [0.4, 0.5) is 0 Å². The number of rotatable bonds is 2. The second-order valence-corrected chi connectivity index (χ2v) is 7.69. The Morgan fingerprint density at radius 3 is 2.57 bits per heavy atom. The SMILES string of the molecule is Cc1ccc(S(=O)(=O)N2CC3CC(N)=C(C#N)C3C2)cc1. The second kappa shape index (κ2) is 4.86. The highest BCUT2D eigenvalue weighted by Gasteiger charge is 2.45. The predicted octanol–water partition coefficient (Wildman–Crippen LogP) is 1.37. The van der Waals surface area contributed by atoms with Crippen LogP contribution in [0.15, 0.2) is 40.4 Å².